The van der Waals surface area contributed by atoms with Crippen LogP contribution in [0.3, 0.4) is 0 Å². The third kappa shape index (κ3) is 3.66. The van der Waals surface area contributed by atoms with Crippen molar-refractivity contribution in [2.24, 2.45) is 0 Å². The zero-order valence-electron chi connectivity index (χ0n) is 15.6. The monoisotopic (exact) mass is 384 g/mol. The molecule has 140 valence electrons. The third-order valence-electron chi connectivity index (χ3n) is 4.15. The van der Waals surface area contributed by atoms with Gasteiger partial charge in [-0.05, 0) is 30.7 Å². The summed E-state index contributed by atoms with van der Waals surface area (Å²) in [5.41, 5.74) is 2.58. The molecule has 0 amide bonds. The number of aromatic carboxylic acids is 1. The summed E-state index contributed by atoms with van der Waals surface area (Å²) in [6, 6.07) is 11.1. The standard InChI is InChI=1S/C20H21ClN4O2/c1-12-8-5-6-10-14(12)25-18(15(21)17(24-25)20(2,3)4)23-13-9-7-11-22-16(13)19(26)27/h5-11,23H,1-4H3,(H,26,27). The minimum Gasteiger partial charge on any atom is -0.476 e. The van der Waals surface area contributed by atoms with Gasteiger partial charge in [0.1, 0.15) is 5.02 Å². The number of halogens is 1. The molecule has 7 heteroatoms. The molecular formula is C20H21ClN4O2. The molecule has 0 aliphatic rings. The number of nitrogens with zero attached hydrogens (tertiary/aromatic N) is 3. The molecule has 2 aromatic heterocycles. The molecule has 0 saturated carbocycles. The smallest absolute Gasteiger partial charge is 0.356 e. The normalized spacial score (nSPS) is 11.4. The molecule has 0 aliphatic carbocycles. The summed E-state index contributed by atoms with van der Waals surface area (Å²) in [5.74, 6) is -0.612. The Hall–Kier alpha value is -2.86. The first-order valence-electron chi connectivity index (χ1n) is 8.50. The van der Waals surface area contributed by atoms with Crippen molar-refractivity contribution >= 4 is 29.1 Å². The number of rotatable bonds is 4. The summed E-state index contributed by atoms with van der Waals surface area (Å²) in [7, 11) is 0. The second-order valence-electron chi connectivity index (χ2n) is 7.29. The molecule has 6 nitrogen and oxygen atoms in total. The van der Waals surface area contributed by atoms with E-state index in [1.165, 1.54) is 6.20 Å². The molecule has 0 aliphatic heterocycles. The quantitative estimate of drug-likeness (QED) is 0.663. The van der Waals surface area contributed by atoms with E-state index in [0.717, 1.165) is 16.9 Å². The highest BCUT2D eigenvalue weighted by Crippen LogP contribution is 2.38. The van der Waals surface area contributed by atoms with Crippen molar-refractivity contribution in [2.45, 2.75) is 33.1 Å². The van der Waals surface area contributed by atoms with Crippen LogP contribution in [0.1, 0.15) is 42.5 Å². The van der Waals surface area contributed by atoms with Crippen molar-refractivity contribution in [3.05, 3.63) is 64.6 Å². The summed E-state index contributed by atoms with van der Waals surface area (Å²) < 4.78 is 1.72. The second-order valence-corrected chi connectivity index (χ2v) is 7.67. The summed E-state index contributed by atoms with van der Waals surface area (Å²) in [6.07, 6.45) is 1.44. The van der Waals surface area contributed by atoms with Crippen LogP contribution in [0.4, 0.5) is 11.5 Å². The van der Waals surface area contributed by atoms with Gasteiger partial charge in [0.2, 0.25) is 0 Å². The van der Waals surface area contributed by atoms with Gasteiger partial charge < -0.3 is 10.4 Å². The Labute approximate surface area is 162 Å². The lowest BCUT2D eigenvalue weighted by Crippen LogP contribution is -2.13. The lowest BCUT2D eigenvalue weighted by molar-refractivity contribution is 0.0691. The van der Waals surface area contributed by atoms with Crippen molar-refractivity contribution in [1.82, 2.24) is 14.8 Å². The fourth-order valence-corrected chi connectivity index (χ4v) is 3.21. The second kappa shape index (κ2) is 7.04. The van der Waals surface area contributed by atoms with Gasteiger partial charge in [0.05, 0.1) is 17.1 Å². The van der Waals surface area contributed by atoms with Gasteiger partial charge in [-0.15, -0.1) is 0 Å². The van der Waals surface area contributed by atoms with Crippen molar-refractivity contribution < 1.29 is 9.90 Å². The molecule has 0 atom stereocenters. The number of aryl methyl sites for hydroxylation is 1. The van der Waals surface area contributed by atoms with Gasteiger partial charge in [-0.3, -0.25) is 0 Å². The number of aromatic nitrogens is 3. The van der Waals surface area contributed by atoms with Crippen LogP contribution in [0.15, 0.2) is 42.6 Å². The predicted molar refractivity (Wildman–Crippen MR) is 106 cm³/mol. The molecule has 0 bridgehead atoms. The highest BCUT2D eigenvalue weighted by molar-refractivity contribution is 6.34. The average Bonchev–Trinajstić information content (AvgIpc) is 2.92. The number of para-hydroxylation sites is 1. The first-order chi connectivity index (χ1) is 12.7. The van der Waals surface area contributed by atoms with E-state index in [0.29, 0.717) is 16.5 Å². The largest absolute Gasteiger partial charge is 0.476 e. The van der Waals surface area contributed by atoms with Gasteiger partial charge in [0.15, 0.2) is 11.5 Å². The maximum Gasteiger partial charge on any atom is 0.356 e. The van der Waals surface area contributed by atoms with E-state index in [4.69, 9.17) is 16.7 Å². The van der Waals surface area contributed by atoms with E-state index in [1.807, 2.05) is 52.0 Å². The van der Waals surface area contributed by atoms with Gasteiger partial charge in [-0.2, -0.15) is 5.10 Å². The Bertz CT molecular complexity index is 1010. The highest BCUT2D eigenvalue weighted by Gasteiger charge is 2.27. The van der Waals surface area contributed by atoms with Crippen LogP contribution in [0.2, 0.25) is 5.02 Å². The van der Waals surface area contributed by atoms with Crippen LogP contribution in [0.25, 0.3) is 5.69 Å². The summed E-state index contributed by atoms with van der Waals surface area (Å²) >= 11 is 6.68. The van der Waals surface area contributed by atoms with E-state index in [9.17, 15) is 9.90 Å². The molecule has 27 heavy (non-hydrogen) atoms. The lowest BCUT2D eigenvalue weighted by Gasteiger charge is -2.15. The zero-order valence-corrected chi connectivity index (χ0v) is 16.4. The number of pyridine rings is 1. The highest BCUT2D eigenvalue weighted by atomic mass is 35.5. The Balaban J connectivity index is 2.22. The molecule has 1 aromatic carbocycles. The molecule has 2 heterocycles. The van der Waals surface area contributed by atoms with Crippen molar-refractivity contribution in [3.8, 4) is 5.69 Å². The molecule has 0 fully saturated rings. The molecule has 3 rings (SSSR count). The van der Waals surface area contributed by atoms with Gasteiger partial charge in [0.25, 0.3) is 0 Å². The first-order valence-corrected chi connectivity index (χ1v) is 8.88. The number of carbonyl (C=O) groups is 1. The summed E-state index contributed by atoms with van der Waals surface area (Å²) in [4.78, 5) is 15.5. The van der Waals surface area contributed by atoms with Crippen LogP contribution in [-0.2, 0) is 5.41 Å². The van der Waals surface area contributed by atoms with E-state index >= 15 is 0 Å². The molecule has 0 unspecified atom stereocenters. The minimum absolute atomic E-state index is 0.0802. The molecule has 0 radical (unpaired) electrons. The third-order valence-corrected chi connectivity index (χ3v) is 4.50. The predicted octanol–water partition coefficient (Wildman–Crippen LogP) is 4.97. The zero-order chi connectivity index (χ0) is 19.8. The van der Waals surface area contributed by atoms with Gasteiger partial charge in [-0.25, -0.2) is 14.5 Å². The molecular weight excluding hydrogens is 364 g/mol. The molecule has 0 saturated heterocycles. The Morgan fingerprint density at radius 3 is 2.52 bits per heavy atom. The number of hydrogen-bond acceptors (Lipinski definition) is 4. The van der Waals surface area contributed by atoms with Crippen LogP contribution in [0, 0.1) is 6.92 Å². The van der Waals surface area contributed by atoms with E-state index in [-0.39, 0.29) is 11.1 Å². The SMILES string of the molecule is Cc1ccccc1-n1nc(C(C)(C)C)c(Cl)c1Nc1cccnc1C(=O)O. The molecule has 2 N–H and O–H groups in total. The average molecular weight is 385 g/mol. The van der Waals surface area contributed by atoms with Crippen LogP contribution in [-0.4, -0.2) is 25.8 Å². The first kappa shape index (κ1) is 18.9. The topological polar surface area (TPSA) is 80.0 Å². The van der Waals surface area contributed by atoms with Gasteiger partial charge >= 0.3 is 5.97 Å². The van der Waals surface area contributed by atoms with Crippen LogP contribution < -0.4 is 5.32 Å². The fourth-order valence-electron chi connectivity index (χ4n) is 2.77. The van der Waals surface area contributed by atoms with Crippen molar-refractivity contribution in [3.63, 3.8) is 0 Å². The van der Waals surface area contributed by atoms with E-state index in [1.54, 1.807) is 16.8 Å². The fraction of sp³-hybridized carbons (Fsp3) is 0.250. The van der Waals surface area contributed by atoms with E-state index < -0.39 is 5.97 Å². The van der Waals surface area contributed by atoms with Crippen LogP contribution >= 0.6 is 11.6 Å². The lowest BCUT2D eigenvalue weighted by atomic mass is 9.92. The van der Waals surface area contributed by atoms with Crippen molar-refractivity contribution in [1.29, 1.82) is 0 Å². The number of carboxylic acid groups (broad SMARTS) is 1. The van der Waals surface area contributed by atoms with E-state index in [2.05, 4.69) is 10.3 Å². The van der Waals surface area contributed by atoms with Crippen LogP contribution in [0.5, 0.6) is 0 Å². The number of benzene rings is 1. The number of hydrogen-bond donors (Lipinski definition) is 2. The molecule has 3 aromatic rings. The Kier molecular flexibility index (Phi) is 4.93. The minimum atomic E-state index is -1.12. The van der Waals surface area contributed by atoms with Crippen molar-refractivity contribution in [2.75, 3.05) is 5.32 Å². The number of nitrogens with one attached hydrogen (secondary N) is 1. The van der Waals surface area contributed by atoms with Gasteiger partial charge in [0, 0.05) is 11.6 Å². The summed E-state index contributed by atoms with van der Waals surface area (Å²) in [6.45, 7) is 8.07. The molecule has 0 spiro atoms. The Morgan fingerprint density at radius 1 is 1.19 bits per heavy atom. The number of carboxylic acids is 1. The van der Waals surface area contributed by atoms with Gasteiger partial charge in [-0.1, -0.05) is 50.6 Å². The summed E-state index contributed by atoms with van der Waals surface area (Å²) in [5, 5.41) is 17.7. The Morgan fingerprint density at radius 2 is 1.89 bits per heavy atom. The maximum absolute atomic E-state index is 11.5. The maximum atomic E-state index is 11.5. The number of anilines is 2.